The van der Waals surface area contributed by atoms with E-state index in [9.17, 15) is 4.79 Å². The van der Waals surface area contributed by atoms with Crippen molar-refractivity contribution in [2.24, 2.45) is 5.41 Å². The van der Waals surface area contributed by atoms with Crippen LogP contribution in [0.1, 0.15) is 25.3 Å². The lowest BCUT2D eigenvalue weighted by Crippen LogP contribution is -2.48. The van der Waals surface area contributed by atoms with E-state index in [1.54, 1.807) is 0 Å². The lowest BCUT2D eigenvalue weighted by molar-refractivity contribution is -0.0329. The van der Waals surface area contributed by atoms with Crippen LogP contribution in [0.15, 0.2) is 35.9 Å². The van der Waals surface area contributed by atoms with Crippen LogP contribution < -0.4 is 5.32 Å². The van der Waals surface area contributed by atoms with Crippen LogP contribution in [0.25, 0.3) is 0 Å². The number of likely N-dealkylation sites (tertiary alicyclic amines) is 1. The number of benzene rings is 1. The quantitative estimate of drug-likeness (QED) is 0.863. The number of rotatable bonds is 3. The van der Waals surface area contributed by atoms with E-state index in [1.807, 2.05) is 6.07 Å². The summed E-state index contributed by atoms with van der Waals surface area (Å²) in [6.07, 6.45) is 2.41. The molecule has 1 aromatic carbocycles. The maximum Gasteiger partial charge on any atom is 0.126 e. The molecule has 1 N–H and O–H groups in total. The van der Waals surface area contributed by atoms with Gasteiger partial charge in [0.1, 0.15) is 5.94 Å². The van der Waals surface area contributed by atoms with Crippen LogP contribution in [0.4, 0.5) is 0 Å². The number of nitrogens with zero attached hydrogens (tertiary/aromatic N) is 1. The number of hydrogen-bond donors (Lipinski definition) is 1. The molecule has 23 heavy (non-hydrogen) atoms. The first-order chi connectivity index (χ1) is 11.3. The Hall–Kier alpha value is -1.45. The average Bonchev–Trinajstić information content (AvgIpc) is 2.93. The van der Waals surface area contributed by atoms with E-state index in [4.69, 9.17) is 4.74 Å². The van der Waals surface area contributed by atoms with Gasteiger partial charge in [-0.2, -0.15) is 0 Å². The average molecular weight is 312 g/mol. The van der Waals surface area contributed by atoms with Gasteiger partial charge in [0.15, 0.2) is 0 Å². The molecule has 4 rings (SSSR count). The summed E-state index contributed by atoms with van der Waals surface area (Å²) in [7, 11) is 0. The predicted molar refractivity (Wildman–Crippen MR) is 88.9 cm³/mol. The van der Waals surface area contributed by atoms with Crippen molar-refractivity contribution < 1.29 is 9.53 Å². The minimum atomic E-state index is -0.337. The normalized spacial score (nSPS) is 37.6. The molecule has 122 valence electrons. The summed E-state index contributed by atoms with van der Waals surface area (Å²) in [5.74, 6) is 2.31. The molecule has 0 bridgehead atoms. The fraction of sp³-hybridized carbons (Fsp3) is 0.579. The molecule has 1 aliphatic carbocycles. The maximum atomic E-state index is 11.9. The molecule has 3 fully saturated rings. The van der Waals surface area contributed by atoms with Gasteiger partial charge in [-0.25, -0.2) is 4.79 Å². The zero-order valence-corrected chi connectivity index (χ0v) is 13.7. The first-order valence-electron chi connectivity index (χ1n) is 8.65. The SMILES string of the molecule is CC1(C2CNCCO2)C(=C=O)C1(c1ccccc1)N1CCCC1. The van der Waals surface area contributed by atoms with Crippen LogP contribution in [0.3, 0.4) is 0 Å². The van der Waals surface area contributed by atoms with Crippen LogP contribution in [0.5, 0.6) is 0 Å². The number of nitrogens with one attached hydrogen (secondary N) is 1. The fourth-order valence-corrected chi connectivity index (χ4v) is 4.89. The van der Waals surface area contributed by atoms with E-state index < -0.39 is 0 Å². The van der Waals surface area contributed by atoms with E-state index >= 15 is 0 Å². The Morgan fingerprint density at radius 3 is 2.61 bits per heavy atom. The number of ether oxygens (including phenoxy) is 1. The van der Waals surface area contributed by atoms with Crippen LogP contribution in [0.2, 0.25) is 0 Å². The van der Waals surface area contributed by atoms with Crippen LogP contribution in [-0.4, -0.2) is 49.7 Å². The minimum absolute atomic E-state index is 0.0218. The molecule has 0 amide bonds. The summed E-state index contributed by atoms with van der Waals surface area (Å²) >= 11 is 0. The monoisotopic (exact) mass is 312 g/mol. The van der Waals surface area contributed by atoms with Crippen LogP contribution in [-0.2, 0) is 15.1 Å². The van der Waals surface area contributed by atoms with Gasteiger partial charge in [-0.1, -0.05) is 30.3 Å². The highest BCUT2D eigenvalue weighted by Crippen LogP contribution is 2.72. The summed E-state index contributed by atoms with van der Waals surface area (Å²) in [6.45, 7) is 6.65. The van der Waals surface area contributed by atoms with Crippen molar-refractivity contribution >= 4 is 5.94 Å². The fourth-order valence-electron chi connectivity index (χ4n) is 4.89. The van der Waals surface area contributed by atoms with Gasteiger partial charge in [0, 0.05) is 13.1 Å². The van der Waals surface area contributed by atoms with Crippen LogP contribution in [0, 0.1) is 5.41 Å². The molecule has 4 heteroatoms. The summed E-state index contributed by atoms with van der Waals surface area (Å²) in [4.78, 5) is 14.4. The van der Waals surface area contributed by atoms with Gasteiger partial charge < -0.3 is 10.1 Å². The van der Waals surface area contributed by atoms with Gasteiger partial charge in [0.2, 0.25) is 0 Å². The highest BCUT2D eigenvalue weighted by atomic mass is 16.5. The molecule has 4 nitrogen and oxygen atoms in total. The molecule has 1 saturated carbocycles. The molecule has 2 aliphatic heterocycles. The molecule has 0 aromatic heterocycles. The smallest absolute Gasteiger partial charge is 0.126 e. The third kappa shape index (κ3) is 1.93. The van der Waals surface area contributed by atoms with Gasteiger partial charge in [0.05, 0.1) is 29.2 Å². The van der Waals surface area contributed by atoms with E-state index in [0.717, 1.165) is 31.8 Å². The molecular formula is C19H24N2O2. The molecule has 3 atom stereocenters. The molecule has 0 spiro atoms. The summed E-state index contributed by atoms with van der Waals surface area (Å²) in [5.41, 5.74) is 1.44. The second-order valence-corrected chi connectivity index (χ2v) is 7.01. The molecular weight excluding hydrogens is 288 g/mol. The lowest BCUT2D eigenvalue weighted by atomic mass is 9.88. The molecule has 0 radical (unpaired) electrons. The Morgan fingerprint density at radius 2 is 2.00 bits per heavy atom. The first-order valence-corrected chi connectivity index (χ1v) is 8.65. The van der Waals surface area contributed by atoms with Gasteiger partial charge in [0.25, 0.3) is 0 Å². The van der Waals surface area contributed by atoms with Gasteiger partial charge in [-0.05, 0) is 38.4 Å². The van der Waals surface area contributed by atoms with Crippen molar-refractivity contribution in [1.29, 1.82) is 0 Å². The van der Waals surface area contributed by atoms with Gasteiger partial charge in [-0.3, -0.25) is 4.90 Å². The Balaban J connectivity index is 1.83. The zero-order valence-electron chi connectivity index (χ0n) is 13.7. The largest absolute Gasteiger partial charge is 0.375 e. The molecule has 3 unspecified atom stereocenters. The third-order valence-corrected chi connectivity index (χ3v) is 6.02. The van der Waals surface area contributed by atoms with E-state index in [1.165, 1.54) is 18.4 Å². The molecule has 3 aliphatic rings. The number of hydrogen-bond acceptors (Lipinski definition) is 4. The summed E-state index contributed by atoms with van der Waals surface area (Å²) < 4.78 is 6.08. The molecule has 1 aromatic rings. The van der Waals surface area contributed by atoms with E-state index in [0.29, 0.717) is 6.61 Å². The van der Waals surface area contributed by atoms with Crippen molar-refractivity contribution in [3.05, 3.63) is 41.5 Å². The van der Waals surface area contributed by atoms with E-state index in [2.05, 4.69) is 47.3 Å². The minimum Gasteiger partial charge on any atom is -0.375 e. The Labute approximate surface area is 137 Å². The van der Waals surface area contributed by atoms with E-state index in [-0.39, 0.29) is 17.1 Å². The Morgan fingerprint density at radius 1 is 1.26 bits per heavy atom. The highest BCUT2D eigenvalue weighted by molar-refractivity contribution is 5.75. The first kappa shape index (κ1) is 15.1. The standard InChI is InChI=1S/C19H24N2O2/c1-18(17-13-20-9-12-23-17)16(14-22)19(18,21-10-5-6-11-21)15-7-3-2-4-8-15/h2-4,7-8,17,20H,5-6,9-13H2,1H3. The number of morpholine rings is 1. The second kappa shape index (κ2) is 5.57. The van der Waals surface area contributed by atoms with Gasteiger partial charge in [-0.15, -0.1) is 0 Å². The Kier molecular flexibility index (Phi) is 3.66. The topological polar surface area (TPSA) is 41.6 Å². The number of carbonyl (C=O) groups excluding carboxylic acids is 1. The van der Waals surface area contributed by atoms with Crippen molar-refractivity contribution in [3.8, 4) is 0 Å². The maximum absolute atomic E-state index is 11.9. The van der Waals surface area contributed by atoms with Crippen molar-refractivity contribution in [3.63, 3.8) is 0 Å². The highest BCUT2D eigenvalue weighted by Gasteiger charge is 2.77. The second-order valence-electron chi connectivity index (χ2n) is 7.01. The van der Waals surface area contributed by atoms with Crippen molar-refractivity contribution in [2.45, 2.75) is 31.4 Å². The zero-order chi connectivity index (χ0) is 15.9. The van der Waals surface area contributed by atoms with Crippen LogP contribution >= 0.6 is 0 Å². The predicted octanol–water partition coefficient (Wildman–Crippen LogP) is 1.74. The van der Waals surface area contributed by atoms with Gasteiger partial charge >= 0.3 is 0 Å². The van der Waals surface area contributed by atoms with Crippen molar-refractivity contribution in [2.75, 3.05) is 32.8 Å². The summed E-state index contributed by atoms with van der Waals surface area (Å²) in [6, 6.07) is 10.5. The summed E-state index contributed by atoms with van der Waals surface area (Å²) in [5, 5.41) is 3.42. The molecule has 2 saturated heterocycles. The third-order valence-electron chi connectivity index (χ3n) is 6.02. The van der Waals surface area contributed by atoms with Crippen molar-refractivity contribution in [1.82, 2.24) is 10.2 Å². The molecule has 2 heterocycles. The Bertz CT molecular complexity index is 628. The lowest BCUT2D eigenvalue weighted by Gasteiger charge is -2.36.